The van der Waals surface area contributed by atoms with E-state index < -0.39 is 17.7 Å². The first-order valence-electron chi connectivity index (χ1n) is 6.45. The van der Waals surface area contributed by atoms with Gasteiger partial charge < -0.3 is 16.4 Å². The smallest absolute Gasteiger partial charge is 0.313 e. The molecule has 7 nitrogen and oxygen atoms in total. The number of hydrogen-bond donors (Lipinski definition) is 3. The molecule has 4 N–H and O–H groups in total. The number of rotatable bonds is 4. The van der Waals surface area contributed by atoms with Crippen LogP contribution < -0.4 is 16.4 Å². The van der Waals surface area contributed by atoms with Crippen LogP contribution in [0.2, 0.25) is 0 Å². The second kappa shape index (κ2) is 6.98. The van der Waals surface area contributed by atoms with Crippen molar-refractivity contribution in [1.29, 1.82) is 0 Å². The van der Waals surface area contributed by atoms with Gasteiger partial charge in [0, 0.05) is 18.9 Å². The summed E-state index contributed by atoms with van der Waals surface area (Å²) in [6.07, 6.45) is 3.19. The Balaban J connectivity index is 1.97. The molecule has 0 spiro atoms. The van der Waals surface area contributed by atoms with Gasteiger partial charge in [0.05, 0.1) is 11.3 Å². The molecule has 1 aromatic heterocycles. The van der Waals surface area contributed by atoms with Crippen LogP contribution in [-0.2, 0) is 16.1 Å². The quantitative estimate of drug-likeness (QED) is 0.710. The highest BCUT2D eigenvalue weighted by Gasteiger charge is 2.16. The molecule has 22 heavy (non-hydrogen) atoms. The third-order valence-electron chi connectivity index (χ3n) is 2.82. The Labute approximate surface area is 126 Å². The molecule has 0 bridgehead atoms. The van der Waals surface area contributed by atoms with Crippen molar-refractivity contribution in [3.8, 4) is 0 Å². The summed E-state index contributed by atoms with van der Waals surface area (Å²) in [5.41, 5.74) is 6.29. The van der Waals surface area contributed by atoms with Crippen molar-refractivity contribution in [2.75, 3.05) is 5.32 Å². The van der Waals surface area contributed by atoms with Crippen molar-refractivity contribution in [2.45, 2.75) is 6.54 Å². The van der Waals surface area contributed by atoms with Crippen molar-refractivity contribution in [3.05, 3.63) is 59.9 Å². The summed E-state index contributed by atoms with van der Waals surface area (Å²) in [6, 6.07) is 9.68. The first-order chi connectivity index (χ1) is 10.6. The van der Waals surface area contributed by atoms with Gasteiger partial charge in [0.25, 0.3) is 5.91 Å². The summed E-state index contributed by atoms with van der Waals surface area (Å²) in [5.74, 6) is -2.38. The van der Waals surface area contributed by atoms with Gasteiger partial charge in [0.15, 0.2) is 0 Å². The molecule has 0 fully saturated rings. The molecule has 0 aliphatic carbocycles. The lowest BCUT2D eigenvalue weighted by Gasteiger charge is -2.09. The van der Waals surface area contributed by atoms with Gasteiger partial charge in [-0.05, 0) is 23.8 Å². The van der Waals surface area contributed by atoms with Crippen molar-refractivity contribution < 1.29 is 14.4 Å². The number of carbonyl (C=O) groups excluding carboxylic acids is 3. The number of carbonyl (C=O) groups is 3. The highest BCUT2D eigenvalue weighted by Crippen LogP contribution is 2.13. The fourth-order valence-corrected chi connectivity index (χ4v) is 1.75. The fourth-order valence-electron chi connectivity index (χ4n) is 1.75. The van der Waals surface area contributed by atoms with Crippen molar-refractivity contribution in [1.82, 2.24) is 10.3 Å². The fraction of sp³-hybridized carbons (Fsp3) is 0.0667. The molecule has 1 heterocycles. The number of nitrogens with two attached hydrogens (primary N) is 1. The maximum absolute atomic E-state index is 11.8. The predicted octanol–water partition coefficient (Wildman–Crippen LogP) is 0.435. The van der Waals surface area contributed by atoms with Crippen molar-refractivity contribution in [3.63, 3.8) is 0 Å². The van der Waals surface area contributed by atoms with E-state index in [-0.39, 0.29) is 17.8 Å². The minimum atomic E-state index is -0.877. The van der Waals surface area contributed by atoms with Crippen LogP contribution in [-0.4, -0.2) is 22.7 Å². The predicted molar refractivity (Wildman–Crippen MR) is 79.7 cm³/mol. The van der Waals surface area contributed by atoms with Gasteiger partial charge in [-0.3, -0.25) is 19.4 Å². The maximum Gasteiger partial charge on any atom is 0.313 e. The first-order valence-corrected chi connectivity index (χ1v) is 6.45. The maximum atomic E-state index is 11.8. The van der Waals surface area contributed by atoms with E-state index in [1.54, 1.807) is 36.7 Å². The zero-order chi connectivity index (χ0) is 15.9. The number of amides is 3. The monoisotopic (exact) mass is 298 g/mol. The van der Waals surface area contributed by atoms with E-state index in [4.69, 9.17) is 5.73 Å². The van der Waals surface area contributed by atoms with Crippen LogP contribution in [0.4, 0.5) is 5.69 Å². The average molecular weight is 298 g/mol. The van der Waals surface area contributed by atoms with Gasteiger partial charge in [0.1, 0.15) is 0 Å². The molecule has 0 radical (unpaired) electrons. The number of nitrogens with one attached hydrogen (secondary N) is 2. The molecule has 2 rings (SSSR count). The molecular formula is C15H14N4O3. The van der Waals surface area contributed by atoms with Gasteiger partial charge in [-0.1, -0.05) is 18.2 Å². The van der Waals surface area contributed by atoms with Gasteiger partial charge in [-0.2, -0.15) is 0 Å². The SMILES string of the molecule is NC(=O)c1ccccc1NC(=O)C(=O)NCc1cccnc1. The molecule has 0 saturated heterocycles. The molecule has 0 saturated carbocycles. The second-order valence-corrected chi connectivity index (χ2v) is 4.41. The molecule has 1 aromatic carbocycles. The average Bonchev–Trinajstić information content (AvgIpc) is 2.53. The van der Waals surface area contributed by atoms with Crippen molar-refractivity contribution in [2.24, 2.45) is 5.73 Å². The Morgan fingerprint density at radius 3 is 2.50 bits per heavy atom. The summed E-state index contributed by atoms with van der Waals surface area (Å²) in [5, 5.41) is 4.82. The molecule has 0 atom stereocenters. The largest absolute Gasteiger partial charge is 0.366 e. The van der Waals surface area contributed by atoms with E-state index >= 15 is 0 Å². The van der Waals surface area contributed by atoms with Crippen LogP contribution in [0, 0.1) is 0 Å². The first kappa shape index (κ1) is 15.2. The van der Waals surface area contributed by atoms with Gasteiger partial charge >= 0.3 is 11.8 Å². The Morgan fingerprint density at radius 2 is 1.82 bits per heavy atom. The summed E-state index contributed by atoms with van der Waals surface area (Å²) in [7, 11) is 0. The van der Waals surface area contributed by atoms with E-state index in [1.165, 1.54) is 12.1 Å². The number of primary amides is 1. The van der Waals surface area contributed by atoms with Crippen LogP contribution in [0.3, 0.4) is 0 Å². The minimum Gasteiger partial charge on any atom is -0.366 e. The molecule has 7 heteroatoms. The lowest BCUT2D eigenvalue weighted by Crippen LogP contribution is -2.35. The Morgan fingerprint density at radius 1 is 1.05 bits per heavy atom. The lowest BCUT2D eigenvalue weighted by molar-refractivity contribution is -0.136. The number of hydrogen-bond acceptors (Lipinski definition) is 4. The number of aromatic nitrogens is 1. The van der Waals surface area contributed by atoms with Gasteiger partial charge in [-0.25, -0.2) is 0 Å². The standard InChI is InChI=1S/C15H14N4O3/c16-13(20)11-5-1-2-6-12(11)19-15(22)14(21)18-9-10-4-3-7-17-8-10/h1-8H,9H2,(H2,16,20)(H,18,21)(H,19,22). The molecule has 0 unspecified atom stereocenters. The third-order valence-corrected chi connectivity index (χ3v) is 2.82. The van der Waals surface area contributed by atoms with Crippen LogP contribution in [0.25, 0.3) is 0 Å². The second-order valence-electron chi connectivity index (χ2n) is 4.41. The van der Waals surface area contributed by atoms with E-state index in [0.29, 0.717) is 0 Å². The number of anilines is 1. The summed E-state index contributed by atoms with van der Waals surface area (Å²) < 4.78 is 0. The zero-order valence-electron chi connectivity index (χ0n) is 11.6. The van der Waals surface area contributed by atoms with Crippen LogP contribution in [0.15, 0.2) is 48.8 Å². The number of para-hydroxylation sites is 1. The summed E-state index contributed by atoms with van der Waals surface area (Å²) in [6.45, 7) is 0.178. The molecule has 0 aliphatic heterocycles. The van der Waals surface area contributed by atoms with E-state index in [0.717, 1.165) is 5.56 Å². The Bertz CT molecular complexity index is 701. The van der Waals surface area contributed by atoms with Crippen LogP contribution in [0.5, 0.6) is 0 Å². The Kier molecular flexibility index (Phi) is 4.81. The highest BCUT2D eigenvalue weighted by atomic mass is 16.2. The third kappa shape index (κ3) is 3.89. The van der Waals surface area contributed by atoms with Gasteiger partial charge in [-0.15, -0.1) is 0 Å². The number of benzene rings is 1. The summed E-state index contributed by atoms with van der Waals surface area (Å²) in [4.78, 5) is 38.7. The molecule has 0 aliphatic rings. The number of nitrogens with zero attached hydrogens (tertiary/aromatic N) is 1. The van der Waals surface area contributed by atoms with E-state index in [2.05, 4.69) is 15.6 Å². The summed E-state index contributed by atoms with van der Waals surface area (Å²) >= 11 is 0. The van der Waals surface area contributed by atoms with E-state index in [9.17, 15) is 14.4 Å². The Hall–Kier alpha value is -3.22. The van der Waals surface area contributed by atoms with E-state index in [1.807, 2.05) is 0 Å². The molecule has 112 valence electrons. The lowest BCUT2D eigenvalue weighted by atomic mass is 10.1. The number of pyridine rings is 1. The van der Waals surface area contributed by atoms with Gasteiger partial charge in [0.2, 0.25) is 0 Å². The van der Waals surface area contributed by atoms with Crippen LogP contribution >= 0.6 is 0 Å². The van der Waals surface area contributed by atoms with Crippen LogP contribution in [0.1, 0.15) is 15.9 Å². The molecule has 3 amide bonds. The van der Waals surface area contributed by atoms with Crippen molar-refractivity contribution >= 4 is 23.4 Å². The molecular weight excluding hydrogens is 284 g/mol. The molecule has 2 aromatic rings. The topological polar surface area (TPSA) is 114 Å². The normalized spacial score (nSPS) is 9.82. The highest BCUT2D eigenvalue weighted by molar-refractivity contribution is 6.40. The minimum absolute atomic E-state index is 0.135. The zero-order valence-corrected chi connectivity index (χ0v) is 11.6.